The Morgan fingerprint density at radius 1 is 1.20 bits per heavy atom. The van der Waals surface area contributed by atoms with Gasteiger partial charge in [0.05, 0.1) is 12.1 Å². The van der Waals surface area contributed by atoms with Gasteiger partial charge in [0.1, 0.15) is 23.0 Å². The molecule has 0 spiro atoms. The van der Waals surface area contributed by atoms with Crippen LogP contribution in [0.2, 0.25) is 0 Å². The lowest BCUT2D eigenvalue weighted by molar-refractivity contribution is -0.137. The van der Waals surface area contributed by atoms with Gasteiger partial charge in [0.25, 0.3) is 0 Å². The molecule has 1 heterocycles. The summed E-state index contributed by atoms with van der Waals surface area (Å²) in [6.45, 7) is 5.18. The first-order valence-electron chi connectivity index (χ1n) is 9.15. The first kappa shape index (κ1) is 25.2. The van der Waals surface area contributed by atoms with Crippen LogP contribution in [-0.2, 0) is 9.53 Å². The van der Waals surface area contributed by atoms with E-state index in [0.29, 0.717) is 13.1 Å². The van der Waals surface area contributed by atoms with Crippen molar-refractivity contribution in [3.63, 3.8) is 0 Å². The molecule has 0 atom stereocenters. The Morgan fingerprint density at radius 3 is 2.37 bits per heavy atom. The summed E-state index contributed by atoms with van der Waals surface area (Å²) in [6.07, 6.45) is 0. The molecule has 1 fully saturated rings. The van der Waals surface area contributed by atoms with Gasteiger partial charge in [-0.2, -0.15) is 0 Å². The lowest BCUT2D eigenvalue weighted by Crippen LogP contribution is -2.44. The van der Waals surface area contributed by atoms with E-state index in [0.717, 1.165) is 44.4 Å². The normalized spacial score (nSPS) is 15.8. The Bertz CT molecular complexity index is 796. The van der Waals surface area contributed by atoms with Gasteiger partial charge in [-0.15, -0.1) is 0 Å². The van der Waals surface area contributed by atoms with Crippen molar-refractivity contribution in [1.29, 1.82) is 0 Å². The second-order valence-electron chi connectivity index (χ2n) is 6.51. The number of halogens is 2. The molecule has 8 nitrogen and oxygen atoms in total. The van der Waals surface area contributed by atoms with Crippen molar-refractivity contribution in [3.05, 3.63) is 46.7 Å². The maximum absolute atomic E-state index is 13.7. The lowest BCUT2D eigenvalue weighted by atomic mass is 10.1. The second-order valence-corrected chi connectivity index (χ2v) is 6.51. The standard InChI is InChI=1S/C19H25F2N5O3.CH4/c1-12(22)16(18(23)25-7-10-26-8-5-24-6-9-26)19(28)29-11-15(27)17-13(20)3-2-4-14(17)21;/h2-4,24H,5-11,22H2,1H3,(H2,23,25);1H4. The number of carbonyl (C=O) groups excluding carboxylic acids is 2. The van der Waals surface area contributed by atoms with Gasteiger partial charge in [-0.25, -0.2) is 13.6 Å². The predicted octanol–water partition coefficient (Wildman–Crippen LogP) is 0.822. The highest BCUT2D eigenvalue weighted by Crippen LogP contribution is 2.13. The number of hydrogen-bond acceptors (Lipinski definition) is 7. The van der Waals surface area contributed by atoms with Gasteiger partial charge in [0.2, 0.25) is 5.78 Å². The number of allylic oxidation sites excluding steroid dienone is 1. The number of aliphatic imine (C=N–C) groups is 1. The zero-order valence-electron chi connectivity index (χ0n) is 16.2. The fraction of sp³-hybridized carbons (Fsp3) is 0.450. The van der Waals surface area contributed by atoms with Gasteiger partial charge in [0, 0.05) is 38.4 Å². The SMILES string of the molecule is C.CC(N)=C(C(=O)OCC(=O)c1c(F)cccc1F)C(N)=NCCN1CCNCC1. The molecule has 0 bridgehead atoms. The smallest absolute Gasteiger partial charge is 0.344 e. The maximum atomic E-state index is 13.7. The number of nitrogens with one attached hydrogen (secondary N) is 1. The Morgan fingerprint density at radius 2 is 1.80 bits per heavy atom. The molecule has 0 aromatic heterocycles. The molecule has 0 radical (unpaired) electrons. The number of Topliss-reactive ketones (excluding diaryl/α,β-unsaturated/α-hetero) is 1. The van der Waals surface area contributed by atoms with Gasteiger partial charge in [-0.05, 0) is 19.1 Å². The maximum Gasteiger partial charge on any atom is 0.344 e. The fourth-order valence-electron chi connectivity index (χ4n) is 2.83. The third-order valence-electron chi connectivity index (χ3n) is 4.34. The number of nitrogens with zero attached hydrogens (tertiary/aromatic N) is 2. The van der Waals surface area contributed by atoms with Gasteiger partial charge < -0.3 is 21.5 Å². The number of esters is 1. The molecular weight excluding hydrogens is 396 g/mol. The molecule has 1 aromatic carbocycles. The number of amidine groups is 1. The number of ketones is 1. The topological polar surface area (TPSA) is 123 Å². The minimum Gasteiger partial charge on any atom is -0.454 e. The van der Waals surface area contributed by atoms with Crippen LogP contribution in [0.4, 0.5) is 8.78 Å². The van der Waals surface area contributed by atoms with Crippen LogP contribution in [0.1, 0.15) is 24.7 Å². The first-order chi connectivity index (χ1) is 13.8. The average molecular weight is 425 g/mol. The summed E-state index contributed by atoms with van der Waals surface area (Å²) in [7, 11) is 0. The lowest BCUT2D eigenvalue weighted by Gasteiger charge is -2.26. The van der Waals surface area contributed by atoms with E-state index in [2.05, 4.69) is 15.2 Å². The molecule has 1 aliphatic heterocycles. The van der Waals surface area contributed by atoms with E-state index in [1.165, 1.54) is 6.92 Å². The quantitative estimate of drug-likeness (QED) is 0.185. The van der Waals surface area contributed by atoms with Crippen molar-refractivity contribution in [1.82, 2.24) is 10.2 Å². The van der Waals surface area contributed by atoms with Gasteiger partial charge >= 0.3 is 5.97 Å². The van der Waals surface area contributed by atoms with Crippen molar-refractivity contribution < 1.29 is 23.1 Å². The minimum atomic E-state index is -1.04. The third kappa shape index (κ3) is 6.89. The van der Waals surface area contributed by atoms with Crippen molar-refractivity contribution in [3.8, 4) is 0 Å². The number of hydrogen-bond donors (Lipinski definition) is 3. The molecule has 2 rings (SSSR count). The number of ether oxygens (including phenoxy) is 1. The molecule has 0 saturated carbocycles. The van der Waals surface area contributed by atoms with Crippen LogP contribution >= 0.6 is 0 Å². The molecule has 166 valence electrons. The summed E-state index contributed by atoms with van der Waals surface area (Å²) in [5.41, 5.74) is 10.7. The van der Waals surface area contributed by atoms with Crippen molar-refractivity contribution in [2.45, 2.75) is 14.4 Å². The average Bonchev–Trinajstić information content (AvgIpc) is 2.67. The summed E-state index contributed by atoms with van der Waals surface area (Å²) >= 11 is 0. The zero-order chi connectivity index (χ0) is 21.4. The highest BCUT2D eigenvalue weighted by molar-refractivity contribution is 6.19. The van der Waals surface area contributed by atoms with E-state index in [-0.39, 0.29) is 24.5 Å². The Balaban J connectivity index is 0.00000450. The van der Waals surface area contributed by atoms with E-state index in [1.54, 1.807) is 0 Å². The van der Waals surface area contributed by atoms with Crippen molar-refractivity contribution in [2.24, 2.45) is 16.5 Å². The number of piperazine rings is 1. The van der Waals surface area contributed by atoms with Gasteiger partial charge in [-0.1, -0.05) is 13.5 Å². The molecule has 1 aliphatic rings. The number of rotatable bonds is 8. The van der Waals surface area contributed by atoms with Gasteiger partial charge in [0.15, 0.2) is 6.61 Å². The predicted molar refractivity (Wildman–Crippen MR) is 111 cm³/mol. The van der Waals surface area contributed by atoms with Crippen LogP contribution in [0.5, 0.6) is 0 Å². The summed E-state index contributed by atoms with van der Waals surface area (Å²) in [4.78, 5) is 30.7. The number of benzene rings is 1. The van der Waals surface area contributed by atoms with Crippen LogP contribution in [-0.4, -0.2) is 68.4 Å². The van der Waals surface area contributed by atoms with Crippen LogP contribution < -0.4 is 16.8 Å². The molecule has 5 N–H and O–H groups in total. The van der Waals surface area contributed by atoms with Crippen molar-refractivity contribution in [2.75, 3.05) is 45.9 Å². The van der Waals surface area contributed by atoms with Crippen LogP contribution in [0.3, 0.4) is 0 Å². The highest BCUT2D eigenvalue weighted by Gasteiger charge is 2.22. The van der Waals surface area contributed by atoms with E-state index >= 15 is 0 Å². The third-order valence-corrected chi connectivity index (χ3v) is 4.34. The highest BCUT2D eigenvalue weighted by atomic mass is 19.1. The molecule has 0 aliphatic carbocycles. The molecule has 0 amide bonds. The van der Waals surface area contributed by atoms with Gasteiger partial charge in [-0.3, -0.25) is 14.7 Å². The van der Waals surface area contributed by atoms with Crippen LogP contribution in [0.15, 0.2) is 34.5 Å². The van der Waals surface area contributed by atoms with E-state index in [4.69, 9.17) is 16.2 Å². The van der Waals surface area contributed by atoms with E-state index in [1.807, 2.05) is 0 Å². The summed E-state index contributed by atoms with van der Waals surface area (Å²) in [6, 6.07) is 3.01. The van der Waals surface area contributed by atoms with Crippen molar-refractivity contribution >= 4 is 17.6 Å². The summed E-state index contributed by atoms with van der Waals surface area (Å²) < 4.78 is 32.2. The molecule has 30 heavy (non-hydrogen) atoms. The molecule has 10 heteroatoms. The van der Waals surface area contributed by atoms with E-state index in [9.17, 15) is 18.4 Å². The Hall–Kier alpha value is -2.85. The second kappa shape index (κ2) is 12.0. The van der Waals surface area contributed by atoms with Crippen LogP contribution in [0.25, 0.3) is 0 Å². The monoisotopic (exact) mass is 425 g/mol. The Kier molecular flexibility index (Phi) is 10.1. The largest absolute Gasteiger partial charge is 0.454 e. The molecule has 1 aromatic rings. The summed E-state index contributed by atoms with van der Waals surface area (Å²) in [5.74, 6) is -4.19. The fourth-order valence-corrected chi connectivity index (χ4v) is 2.83. The minimum absolute atomic E-state index is 0. The molecule has 1 saturated heterocycles. The van der Waals surface area contributed by atoms with E-state index < -0.39 is 35.6 Å². The summed E-state index contributed by atoms with van der Waals surface area (Å²) in [5, 5.41) is 3.24. The Labute approximate surface area is 175 Å². The molecular formula is C20H29F2N5O3. The zero-order valence-corrected chi connectivity index (χ0v) is 16.2. The first-order valence-corrected chi connectivity index (χ1v) is 9.15. The number of nitrogens with two attached hydrogens (primary N) is 2. The number of carbonyl (C=O) groups is 2. The van der Waals surface area contributed by atoms with Crippen LogP contribution in [0, 0.1) is 11.6 Å². The molecule has 0 unspecified atom stereocenters.